The number of terminal acetylenes is 3. The second kappa shape index (κ2) is 18.1. The fraction of sp³-hybridized carbons (Fsp3) is 0.625. The lowest BCUT2D eigenvalue weighted by Crippen LogP contribution is -2.65. The number of benzene rings is 1. The molecule has 1 aromatic carbocycles. The van der Waals surface area contributed by atoms with Crippen LogP contribution in [-0.2, 0) is 0 Å². The Balaban J connectivity index is 0.000000807. The zero-order chi connectivity index (χ0) is 40.5. The van der Waals surface area contributed by atoms with Gasteiger partial charge in [-0.05, 0) is 139 Å². The maximum absolute atomic E-state index is 12.0. The van der Waals surface area contributed by atoms with Gasteiger partial charge >= 0.3 is 12.0 Å². The summed E-state index contributed by atoms with van der Waals surface area (Å²) < 4.78 is 0. The van der Waals surface area contributed by atoms with Crippen LogP contribution in [0.1, 0.15) is 122 Å². The molecule has 0 spiro atoms. The molecule has 1 saturated heterocycles. The van der Waals surface area contributed by atoms with E-state index in [-0.39, 0.29) is 16.9 Å². The van der Waals surface area contributed by atoms with Gasteiger partial charge in [0.15, 0.2) is 0 Å². The molecular weight excluding hydrogens is 667 g/mol. The number of hydrogen-bond donors (Lipinski definition) is 3. The van der Waals surface area contributed by atoms with Crippen molar-refractivity contribution >= 4 is 17.6 Å². The second-order valence-corrected chi connectivity index (χ2v) is 17.8. The van der Waals surface area contributed by atoms with E-state index < -0.39 is 5.97 Å². The third-order valence-electron chi connectivity index (χ3n) is 15.5. The fourth-order valence-corrected chi connectivity index (χ4v) is 13.2. The summed E-state index contributed by atoms with van der Waals surface area (Å²) >= 11 is 0. The highest BCUT2D eigenvalue weighted by Gasteiger charge is 2.69. The molecule has 54 heavy (non-hydrogen) atoms. The van der Waals surface area contributed by atoms with Crippen molar-refractivity contribution in [2.45, 2.75) is 106 Å². The largest absolute Gasteiger partial charge is 0.478 e. The van der Waals surface area contributed by atoms with Gasteiger partial charge in [-0.1, -0.05) is 65.3 Å². The van der Waals surface area contributed by atoms with Gasteiger partial charge in [-0.25, -0.2) is 9.59 Å². The van der Waals surface area contributed by atoms with Crippen molar-refractivity contribution in [1.82, 2.24) is 15.5 Å². The standard InChI is InChI=1S/C39H57N3O3.C3H6.3C2H2/c1-35(2)28(26-8-10-27(11-9-26)33(43)44)14-17-36(3)31(35)15-18-38(5)32(36)13-12-29-30-7-6-16-39(30,20-19-37(29,38)4)25-40-21-23-42-24-22-41-34(42)45;1-3-2;3*1-2/h8-11,14,29-32,40H,6-7,12-13,15-25H2,1-5H3,(H,41,45)(H,43,44);3H,1H2,2H3;3*1-2H/t29-,30?,31?,32?,36+,37-,38-,39-;;;;/m1..../s1. The maximum Gasteiger partial charge on any atom is 0.335 e. The van der Waals surface area contributed by atoms with Crippen LogP contribution in [-0.4, -0.2) is 54.7 Å². The van der Waals surface area contributed by atoms with Gasteiger partial charge in [0.25, 0.3) is 0 Å². The van der Waals surface area contributed by atoms with Crippen molar-refractivity contribution in [2.75, 3.05) is 32.7 Å². The Morgan fingerprint density at radius 2 is 1.56 bits per heavy atom. The van der Waals surface area contributed by atoms with Crippen molar-refractivity contribution in [1.29, 1.82) is 0 Å². The van der Waals surface area contributed by atoms with Gasteiger partial charge in [-0.3, -0.25) is 0 Å². The molecule has 5 fully saturated rings. The number of carboxylic acid groups (broad SMARTS) is 1. The number of hydrogen-bond acceptors (Lipinski definition) is 3. The molecule has 3 N–H and O–H groups in total. The molecule has 5 aliphatic carbocycles. The summed E-state index contributed by atoms with van der Waals surface area (Å²) in [4.78, 5) is 25.5. The molecule has 2 amide bonds. The Bertz CT molecular complexity index is 1540. The first kappa shape index (κ1) is 44.5. The molecule has 1 aliphatic heterocycles. The van der Waals surface area contributed by atoms with E-state index in [0.717, 1.165) is 56.9 Å². The molecule has 7 rings (SSSR count). The average Bonchev–Trinajstić information content (AvgIpc) is 3.79. The molecule has 1 heterocycles. The van der Waals surface area contributed by atoms with Crippen LogP contribution >= 0.6 is 0 Å². The number of carbonyl (C=O) groups excluding carboxylic acids is 1. The van der Waals surface area contributed by atoms with Crippen LogP contribution in [0.3, 0.4) is 0 Å². The van der Waals surface area contributed by atoms with Gasteiger partial charge < -0.3 is 20.6 Å². The van der Waals surface area contributed by atoms with E-state index in [1.54, 1.807) is 18.2 Å². The number of fused-ring (bicyclic) bond motifs is 7. The van der Waals surface area contributed by atoms with Gasteiger partial charge in [0.1, 0.15) is 0 Å². The normalized spacial score (nSPS) is 35.1. The van der Waals surface area contributed by atoms with Gasteiger partial charge in [0, 0.05) is 32.7 Å². The summed E-state index contributed by atoms with van der Waals surface area (Å²) in [6.07, 6.45) is 41.6. The molecule has 294 valence electrons. The zero-order valence-corrected chi connectivity index (χ0v) is 34.3. The van der Waals surface area contributed by atoms with Gasteiger partial charge in [0.2, 0.25) is 0 Å². The Labute approximate surface area is 328 Å². The highest BCUT2D eigenvalue weighted by atomic mass is 16.4. The lowest BCUT2D eigenvalue weighted by molar-refractivity contribution is -0.222. The lowest BCUT2D eigenvalue weighted by atomic mass is 9.32. The third kappa shape index (κ3) is 7.64. The highest BCUT2D eigenvalue weighted by Crippen LogP contribution is 2.77. The Morgan fingerprint density at radius 1 is 0.907 bits per heavy atom. The number of amides is 2. The van der Waals surface area contributed by atoms with Crippen LogP contribution in [0.4, 0.5) is 4.79 Å². The third-order valence-corrected chi connectivity index (χ3v) is 15.5. The molecule has 6 aliphatic rings. The first-order valence-electron chi connectivity index (χ1n) is 20.1. The van der Waals surface area contributed by atoms with E-state index in [2.05, 4.69) is 96.4 Å². The molecule has 0 bridgehead atoms. The van der Waals surface area contributed by atoms with Gasteiger partial charge in [-0.15, -0.1) is 45.1 Å². The summed E-state index contributed by atoms with van der Waals surface area (Å²) in [5, 5.41) is 16.2. The van der Waals surface area contributed by atoms with Gasteiger partial charge in [0.05, 0.1) is 5.56 Å². The van der Waals surface area contributed by atoms with Gasteiger partial charge in [-0.2, -0.15) is 0 Å². The quantitative estimate of drug-likeness (QED) is 0.148. The number of nitrogens with zero attached hydrogens (tertiary/aromatic N) is 1. The van der Waals surface area contributed by atoms with Crippen LogP contribution in [0.2, 0.25) is 0 Å². The fourth-order valence-electron chi connectivity index (χ4n) is 13.2. The number of allylic oxidation sites excluding steroid dienone is 3. The summed E-state index contributed by atoms with van der Waals surface area (Å²) in [5.41, 5.74) is 4.47. The van der Waals surface area contributed by atoms with Crippen molar-refractivity contribution in [2.24, 2.45) is 50.7 Å². The van der Waals surface area contributed by atoms with Crippen LogP contribution in [0.25, 0.3) is 5.57 Å². The minimum atomic E-state index is -0.858. The zero-order valence-electron chi connectivity index (χ0n) is 34.3. The van der Waals surface area contributed by atoms with E-state index in [9.17, 15) is 14.7 Å². The lowest BCUT2D eigenvalue weighted by Gasteiger charge is -2.72. The molecule has 3 unspecified atom stereocenters. The summed E-state index contributed by atoms with van der Waals surface area (Å²) in [5.74, 6) is 2.14. The molecule has 0 radical (unpaired) electrons. The van der Waals surface area contributed by atoms with Crippen molar-refractivity contribution in [3.63, 3.8) is 0 Å². The number of aromatic carboxylic acids is 1. The summed E-state index contributed by atoms with van der Waals surface area (Å²) in [6, 6.07) is 7.71. The van der Waals surface area contributed by atoms with E-state index in [0.29, 0.717) is 27.7 Å². The number of carboxylic acids is 1. The van der Waals surface area contributed by atoms with Crippen LogP contribution in [0.5, 0.6) is 0 Å². The smallest absolute Gasteiger partial charge is 0.335 e. The Hall–Kier alpha value is -3.92. The first-order chi connectivity index (χ1) is 25.8. The predicted octanol–water partition coefficient (Wildman–Crippen LogP) is 9.79. The molecule has 0 aromatic heterocycles. The number of urea groups is 1. The number of rotatable bonds is 7. The van der Waals surface area contributed by atoms with Crippen LogP contribution in [0.15, 0.2) is 43.0 Å². The summed E-state index contributed by atoms with van der Waals surface area (Å²) in [6.45, 7) is 22.7. The van der Waals surface area contributed by atoms with E-state index >= 15 is 0 Å². The topological polar surface area (TPSA) is 81.7 Å². The SMILES string of the molecule is C#C.C#C.C#C.C=CC.CC1(C)C(c2ccc(C(=O)O)cc2)=CC[C@@]2(C)C1CC[C@]1(C)C2CC[C@@H]2C3CCC[C@]3(CNCCN3CCNC3=O)CC[C@]21C. The molecular formula is C48H69N3O3. The highest BCUT2D eigenvalue weighted by molar-refractivity contribution is 5.88. The Morgan fingerprint density at radius 3 is 2.15 bits per heavy atom. The molecule has 8 atom stereocenters. The van der Waals surface area contributed by atoms with E-state index in [4.69, 9.17) is 0 Å². The van der Waals surface area contributed by atoms with Crippen molar-refractivity contribution < 1.29 is 14.7 Å². The molecule has 6 nitrogen and oxygen atoms in total. The molecule has 1 aromatic rings. The van der Waals surface area contributed by atoms with E-state index in [1.165, 1.54) is 68.9 Å². The summed E-state index contributed by atoms with van der Waals surface area (Å²) in [7, 11) is 0. The second-order valence-electron chi connectivity index (χ2n) is 17.8. The Kier molecular flexibility index (Phi) is 14.9. The number of carbonyl (C=O) groups is 2. The van der Waals surface area contributed by atoms with Crippen molar-refractivity contribution in [3.05, 3.63) is 54.1 Å². The predicted molar refractivity (Wildman–Crippen MR) is 225 cm³/mol. The maximum atomic E-state index is 12.0. The van der Waals surface area contributed by atoms with Crippen molar-refractivity contribution in [3.8, 4) is 38.5 Å². The minimum absolute atomic E-state index is 0.0470. The average molecular weight is 736 g/mol. The minimum Gasteiger partial charge on any atom is -0.478 e. The monoisotopic (exact) mass is 736 g/mol. The van der Waals surface area contributed by atoms with Crippen LogP contribution in [0, 0.1) is 89.3 Å². The first-order valence-corrected chi connectivity index (χ1v) is 20.1. The van der Waals surface area contributed by atoms with E-state index in [1.807, 2.05) is 24.0 Å². The number of nitrogens with one attached hydrogen (secondary N) is 2. The van der Waals surface area contributed by atoms with Crippen LogP contribution < -0.4 is 10.6 Å². The molecule has 6 heteroatoms. The molecule has 4 saturated carbocycles.